The molecule has 3 aliphatic carbocycles. The number of aliphatic hydroxyl groups is 1. The second kappa shape index (κ2) is 9.21. The highest BCUT2D eigenvalue weighted by Crippen LogP contribution is 2.69. The Morgan fingerprint density at radius 2 is 1.94 bits per heavy atom. The average Bonchev–Trinajstić information content (AvgIpc) is 2.92. The molecule has 194 valence electrons. The molecular formula is C30H44O5. The van der Waals surface area contributed by atoms with E-state index in [2.05, 4.69) is 26.8 Å². The summed E-state index contributed by atoms with van der Waals surface area (Å²) in [7, 11) is 0. The molecule has 0 bridgehead atoms. The fraction of sp³-hybridized carbons (Fsp3) is 0.733. The van der Waals surface area contributed by atoms with Gasteiger partial charge in [0, 0.05) is 17.9 Å². The number of carboxylic acid groups (broad SMARTS) is 1. The molecule has 0 spiro atoms. The van der Waals surface area contributed by atoms with Gasteiger partial charge in [-0.15, -0.1) is 0 Å². The van der Waals surface area contributed by atoms with Crippen molar-refractivity contribution in [3.63, 3.8) is 0 Å². The highest BCUT2D eigenvalue weighted by atomic mass is 16.5. The first-order chi connectivity index (χ1) is 16.3. The molecule has 4 aliphatic rings. The lowest BCUT2D eigenvalue weighted by Crippen LogP contribution is -2.48. The summed E-state index contributed by atoms with van der Waals surface area (Å²) in [5.74, 6) is 0.167. The summed E-state index contributed by atoms with van der Waals surface area (Å²) in [6.45, 7) is 12.8. The molecule has 0 aromatic rings. The second-order valence-corrected chi connectivity index (χ2v) is 12.8. The van der Waals surface area contributed by atoms with Crippen molar-refractivity contribution in [3.05, 3.63) is 34.9 Å². The Morgan fingerprint density at radius 1 is 1.23 bits per heavy atom. The Hall–Kier alpha value is -1.88. The Bertz CT molecular complexity index is 966. The van der Waals surface area contributed by atoms with Crippen molar-refractivity contribution in [2.45, 2.75) is 105 Å². The highest BCUT2D eigenvalue weighted by molar-refractivity contribution is 5.88. The third-order valence-corrected chi connectivity index (χ3v) is 10.6. The molecule has 2 saturated carbocycles. The number of hydrogen-bond acceptors (Lipinski definition) is 4. The number of aliphatic carboxylic acids is 1. The zero-order valence-corrected chi connectivity index (χ0v) is 22.4. The lowest BCUT2D eigenvalue weighted by Gasteiger charge is -2.54. The third kappa shape index (κ3) is 4.54. The van der Waals surface area contributed by atoms with Gasteiger partial charge in [0.05, 0.1) is 12.0 Å². The Labute approximate surface area is 210 Å². The van der Waals surface area contributed by atoms with Crippen molar-refractivity contribution >= 4 is 11.9 Å². The van der Waals surface area contributed by atoms with Gasteiger partial charge in [0.15, 0.2) is 0 Å². The number of carboxylic acids is 1. The van der Waals surface area contributed by atoms with Crippen molar-refractivity contribution in [1.29, 1.82) is 0 Å². The molecule has 1 heterocycles. The zero-order valence-electron chi connectivity index (χ0n) is 22.4. The maximum absolute atomic E-state index is 12.3. The molecule has 7 atom stereocenters. The van der Waals surface area contributed by atoms with Gasteiger partial charge >= 0.3 is 11.9 Å². The van der Waals surface area contributed by atoms with E-state index in [-0.39, 0.29) is 35.2 Å². The number of esters is 1. The van der Waals surface area contributed by atoms with Crippen LogP contribution in [0.3, 0.4) is 0 Å². The molecule has 2 N–H and O–H groups in total. The Balaban J connectivity index is 1.63. The quantitative estimate of drug-likeness (QED) is 0.357. The van der Waals surface area contributed by atoms with Crippen molar-refractivity contribution < 1.29 is 24.5 Å². The predicted octanol–water partition coefficient (Wildman–Crippen LogP) is 6.23. The molecular weight excluding hydrogens is 440 g/mol. The summed E-state index contributed by atoms with van der Waals surface area (Å²) in [6.07, 6.45) is 13.0. The first-order valence-electron chi connectivity index (χ1n) is 13.5. The van der Waals surface area contributed by atoms with Gasteiger partial charge in [-0.25, -0.2) is 4.79 Å². The molecule has 5 nitrogen and oxygen atoms in total. The van der Waals surface area contributed by atoms with Crippen molar-refractivity contribution in [3.8, 4) is 0 Å². The van der Waals surface area contributed by atoms with Crippen LogP contribution in [0.25, 0.3) is 0 Å². The molecule has 0 aromatic heterocycles. The summed E-state index contributed by atoms with van der Waals surface area (Å²) >= 11 is 0. The normalized spacial score (nSPS) is 39.6. The van der Waals surface area contributed by atoms with E-state index < -0.39 is 11.6 Å². The van der Waals surface area contributed by atoms with E-state index in [1.54, 1.807) is 0 Å². The number of carbonyl (C=O) groups excluding carboxylic acids is 1. The summed E-state index contributed by atoms with van der Waals surface area (Å²) < 4.78 is 5.86. The Morgan fingerprint density at radius 3 is 2.57 bits per heavy atom. The van der Waals surface area contributed by atoms with Crippen molar-refractivity contribution in [2.24, 2.45) is 34.5 Å². The first kappa shape index (κ1) is 26.2. The van der Waals surface area contributed by atoms with Crippen LogP contribution >= 0.6 is 0 Å². The standard InChI is InChI=1S/C30H44O5/c1-18-7-11-25(35-27(18)33)19(2)22-14-16-30(6)24-10-9-23(28(3,4)34)20(8-12-26(31)32)17-21(24)13-15-29(22,30)5/h7-8,13,19,22-25,34H,9-12,14-17H2,1-6H3,(H,31,32). The topological polar surface area (TPSA) is 83.8 Å². The van der Waals surface area contributed by atoms with Crippen LogP contribution in [-0.2, 0) is 14.3 Å². The molecule has 2 fully saturated rings. The van der Waals surface area contributed by atoms with Crippen LogP contribution in [-0.4, -0.2) is 33.9 Å². The number of cyclic esters (lactones) is 1. The lowest BCUT2D eigenvalue weighted by molar-refractivity contribution is -0.151. The monoisotopic (exact) mass is 484 g/mol. The minimum atomic E-state index is -0.883. The van der Waals surface area contributed by atoms with E-state index in [9.17, 15) is 19.8 Å². The van der Waals surface area contributed by atoms with Gasteiger partial charge in [0.2, 0.25) is 0 Å². The van der Waals surface area contributed by atoms with Crippen LogP contribution in [0, 0.1) is 34.5 Å². The average molecular weight is 485 g/mol. The van der Waals surface area contributed by atoms with Gasteiger partial charge in [-0.3, -0.25) is 4.79 Å². The van der Waals surface area contributed by atoms with Gasteiger partial charge in [-0.1, -0.05) is 50.1 Å². The van der Waals surface area contributed by atoms with Crippen molar-refractivity contribution in [2.75, 3.05) is 0 Å². The van der Waals surface area contributed by atoms with Crippen molar-refractivity contribution in [1.82, 2.24) is 0 Å². The maximum Gasteiger partial charge on any atom is 0.333 e. The summed E-state index contributed by atoms with van der Waals surface area (Å²) in [5.41, 5.74) is 2.60. The second-order valence-electron chi connectivity index (χ2n) is 12.8. The summed E-state index contributed by atoms with van der Waals surface area (Å²) in [6, 6.07) is 0. The molecule has 1 aliphatic heterocycles. The van der Waals surface area contributed by atoms with Gasteiger partial charge in [-0.05, 0) is 87.9 Å². The minimum Gasteiger partial charge on any atom is -0.481 e. The van der Waals surface area contributed by atoms with Gasteiger partial charge in [-0.2, -0.15) is 0 Å². The van der Waals surface area contributed by atoms with Crippen LogP contribution < -0.4 is 0 Å². The fourth-order valence-corrected chi connectivity index (χ4v) is 8.23. The van der Waals surface area contributed by atoms with E-state index >= 15 is 0 Å². The van der Waals surface area contributed by atoms with E-state index in [1.165, 1.54) is 5.57 Å². The lowest BCUT2D eigenvalue weighted by atomic mass is 9.51. The highest BCUT2D eigenvalue weighted by Gasteiger charge is 2.61. The van der Waals surface area contributed by atoms with E-state index in [1.807, 2.05) is 32.9 Å². The minimum absolute atomic E-state index is 0.00244. The molecule has 0 aromatic carbocycles. The molecule has 5 heteroatoms. The number of carbonyl (C=O) groups is 2. The van der Waals surface area contributed by atoms with Gasteiger partial charge in [0.25, 0.3) is 0 Å². The summed E-state index contributed by atoms with van der Waals surface area (Å²) in [4.78, 5) is 23.6. The molecule has 0 amide bonds. The van der Waals surface area contributed by atoms with E-state index in [0.717, 1.165) is 50.5 Å². The SMILES string of the molecule is CC1=CCC(C(C)C2CCC3(C)C4CCC(C(C)(C)O)C(=CCC(=O)O)CC4=CCC23C)OC1=O. The van der Waals surface area contributed by atoms with Crippen LogP contribution in [0.15, 0.2) is 34.9 Å². The number of fused-ring (bicyclic) bond motifs is 3. The molecule has 7 unspecified atom stereocenters. The smallest absolute Gasteiger partial charge is 0.333 e. The van der Waals surface area contributed by atoms with Gasteiger partial charge < -0.3 is 14.9 Å². The van der Waals surface area contributed by atoms with E-state index in [4.69, 9.17) is 4.74 Å². The molecule has 0 radical (unpaired) electrons. The Kier molecular flexibility index (Phi) is 6.89. The molecule has 4 rings (SSSR count). The maximum atomic E-state index is 12.3. The third-order valence-electron chi connectivity index (χ3n) is 10.6. The molecule has 35 heavy (non-hydrogen) atoms. The van der Waals surface area contributed by atoms with Crippen LogP contribution in [0.4, 0.5) is 0 Å². The first-order valence-corrected chi connectivity index (χ1v) is 13.5. The zero-order chi connectivity index (χ0) is 25.8. The number of rotatable bonds is 5. The summed E-state index contributed by atoms with van der Waals surface area (Å²) in [5, 5.41) is 20.3. The largest absolute Gasteiger partial charge is 0.481 e. The number of allylic oxidation sites excluding steroid dienone is 2. The van der Waals surface area contributed by atoms with Crippen LogP contribution in [0.5, 0.6) is 0 Å². The fourth-order valence-electron chi connectivity index (χ4n) is 8.23. The number of ether oxygens (including phenoxy) is 1. The van der Waals surface area contributed by atoms with E-state index in [0.29, 0.717) is 23.3 Å². The predicted molar refractivity (Wildman–Crippen MR) is 137 cm³/mol. The van der Waals surface area contributed by atoms with Crippen LogP contribution in [0.2, 0.25) is 0 Å². The van der Waals surface area contributed by atoms with Gasteiger partial charge in [0.1, 0.15) is 6.10 Å². The number of hydrogen-bond donors (Lipinski definition) is 2. The van der Waals surface area contributed by atoms with Crippen LogP contribution in [0.1, 0.15) is 92.9 Å². The molecule has 0 saturated heterocycles.